The quantitative estimate of drug-likeness (QED) is 0.788. The highest BCUT2D eigenvalue weighted by molar-refractivity contribution is 6.31. The van der Waals surface area contributed by atoms with E-state index in [1.54, 1.807) is 0 Å². The van der Waals surface area contributed by atoms with Gasteiger partial charge in [-0.2, -0.15) is 0 Å². The lowest BCUT2D eigenvalue weighted by Gasteiger charge is -2.16. The molecule has 0 aliphatic carbocycles. The maximum Gasteiger partial charge on any atom is 0.227 e. The second-order valence-electron chi connectivity index (χ2n) is 4.65. The fraction of sp³-hybridized carbons (Fsp3) is 0.533. The van der Waals surface area contributed by atoms with Gasteiger partial charge in [0.2, 0.25) is 5.91 Å². The monoisotopic (exact) mass is 267 g/mol. The summed E-state index contributed by atoms with van der Waals surface area (Å²) < 4.78 is 0. The third kappa shape index (κ3) is 4.02. The van der Waals surface area contributed by atoms with Gasteiger partial charge in [0.1, 0.15) is 0 Å². The zero-order valence-corrected chi connectivity index (χ0v) is 12.2. The molecular weight excluding hydrogens is 246 g/mol. The Morgan fingerprint density at radius 2 is 2.11 bits per heavy atom. The maximum atomic E-state index is 12.2. The van der Waals surface area contributed by atoms with Crippen molar-refractivity contribution in [3.05, 3.63) is 28.8 Å². The van der Waals surface area contributed by atoms with Gasteiger partial charge in [-0.15, -0.1) is 0 Å². The molecule has 1 aromatic carbocycles. The Morgan fingerprint density at radius 1 is 1.39 bits per heavy atom. The lowest BCUT2D eigenvalue weighted by molar-refractivity contribution is -0.120. The topological polar surface area (TPSA) is 29.1 Å². The molecule has 2 nitrogen and oxygen atoms in total. The summed E-state index contributed by atoms with van der Waals surface area (Å²) in [5.41, 5.74) is 1.75. The van der Waals surface area contributed by atoms with Crippen molar-refractivity contribution >= 4 is 23.2 Å². The van der Waals surface area contributed by atoms with Gasteiger partial charge in [-0.05, 0) is 37.5 Å². The van der Waals surface area contributed by atoms with Crippen molar-refractivity contribution in [3.8, 4) is 0 Å². The number of benzene rings is 1. The van der Waals surface area contributed by atoms with Crippen molar-refractivity contribution in [2.75, 3.05) is 5.32 Å². The van der Waals surface area contributed by atoms with Crippen LogP contribution in [0.3, 0.4) is 0 Å². The number of rotatable bonds is 6. The minimum absolute atomic E-state index is 0.100. The van der Waals surface area contributed by atoms with Gasteiger partial charge in [-0.3, -0.25) is 4.79 Å². The Kier molecular flexibility index (Phi) is 6.20. The third-order valence-corrected chi connectivity index (χ3v) is 3.70. The lowest BCUT2D eigenvalue weighted by atomic mass is 9.98. The molecule has 18 heavy (non-hydrogen) atoms. The molecule has 0 spiro atoms. The van der Waals surface area contributed by atoms with Gasteiger partial charge >= 0.3 is 0 Å². The number of carbonyl (C=O) groups excluding carboxylic acids is 1. The van der Waals surface area contributed by atoms with Crippen molar-refractivity contribution < 1.29 is 4.79 Å². The molecule has 0 unspecified atom stereocenters. The van der Waals surface area contributed by atoms with Crippen molar-refractivity contribution in [1.29, 1.82) is 0 Å². The van der Waals surface area contributed by atoms with Gasteiger partial charge in [-0.1, -0.05) is 44.4 Å². The van der Waals surface area contributed by atoms with E-state index in [0.717, 1.165) is 36.9 Å². The molecule has 0 bridgehead atoms. The SMILES string of the molecule is CCCC[C@@H](CC)C(=O)Nc1cccc(Cl)c1C. The van der Waals surface area contributed by atoms with Crippen molar-refractivity contribution in [3.63, 3.8) is 0 Å². The molecule has 0 saturated carbocycles. The zero-order chi connectivity index (χ0) is 13.5. The first-order valence-electron chi connectivity index (χ1n) is 6.66. The second kappa shape index (κ2) is 7.42. The molecule has 0 heterocycles. The van der Waals surface area contributed by atoms with Gasteiger partial charge in [0.05, 0.1) is 0 Å². The Balaban J connectivity index is 2.70. The van der Waals surface area contributed by atoms with E-state index >= 15 is 0 Å². The molecule has 1 aromatic rings. The lowest BCUT2D eigenvalue weighted by Crippen LogP contribution is -2.22. The van der Waals surface area contributed by atoms with E-state index in [9.17, 15) is 4.79 Å². The van der Waals surface area contributed by atoms with Crippen LogP contribution in [0.15, 0.2) is 18.2 Å². The number of carbonyl (C=O) groups is 1. The first kappa shape index (κ1) is 15.0. The number of amides is 1. The molecule has 1 amide bonds. The minimum Gasteiger partial charge on any atom is -0.326 e. The van der Waals surface area contributed by atoms with Crippen LogP contribution in [0.4, 0.5) is 5.69 Å². The molecule has 1 N–H and O–H groups in total. The predicted molar refractivity (Wildman–Crippen MR) is 78.1 cm³/mol. The molecule has 0 aromatic heterocycles. The van der Waals surface area contributed by atoms with Crippen LogP contribution in [-0.2, 0) is 4.79 Å². The molecule has 0 aliphatic heterocycles. The molecular formula is C15H22ClNO. The normalized spacial score (nSPS) is 12.2. The summed E-state index contributed by atoms with van der Waals surface area (Å²) in [6.45, 7) is 6.13. The van der Waals surface area contributed by atoms with E-state index in [0.29, 0.717) is 5.02 Å². The molecule has 0 aliphatic rings. The number of hydrogen-bond donors (Lipinski definition) is 1. The fourth-order valence-electron chi connectivity index (χ4n) is 1.95. The first-order valence-corrected chi connectivity index (χ1v) is 7.03. The van der Waals surface area contributed by atoms with E-state index in [-0.39, 0.29) is 11.8 Å². The largest absolute Gasteiger partial charge is 0.326 e. The number of nitrogens with one attached hydrogen (secondary N) is 1. The highest BCUT2D eigenvalue weighted by Gasteiger charge is 2.16. The van der Waals surface area contributed by atoms with Gasteiger partial charge in [-0.25, -0.2) is 0 Å². The molecule has 0 fully saturated rings. The number of unbranched alkanes of at least 4 members (excludes halogenated alkanes) is 1. The summed E-state index contributed by atoms with van der Waals surface area (Å²) in [7, 11) is 0. The number of hydrogen-bond acceptors (Lipinski definition) is 1. The molecule has 3 heteroatoms. The Morgan fingerprint density at radius 3 is 2.72 bits per heavy atom. The molecule has 0 radical (unpaired) electrons. The first-order chi connectivity index (χ1) is 8.60. The zero-order valence-electron chi connectivity index (χ0n) is 11.4. The molecule has 100 valence electrons. The number of anilines is 1. The summed E-state index contributed by atoms with van der Waals surface area (Å²) in [6.07, 6.45) is 4.06. The van der Waals surface area contributed by atoms with Crippen molar-refractivity contribution in [2.24, 2.45) is 5.92 Å². The smallest absolute Gasteiger partial charge is 0.227 e. The van der Waals surface area contributed by atoms with Gasteiger partial charge in [0.25, 0.3) is 0 Å². The Hall–Kier alpha value is -1.02. The van der Waals surface area contributed by atoms with Crippen molar-refractivity contribution in [2.45, 2.75) is 46.5 Å². The maximum absolute atomic E-state index is 12.2. The van der Waals surface area contributed by atoms with E-state index in [4.69, 9.17) is 11.6 Å². The highest BCUT2D eigenvalue weighted by Crippen LogP contribution is 2.24. The van der Waals surface area contributed by atoms with Crippen LogP contribution in [0.5, 0.6) is 0 Å². The number of halogens is 1. The van der Waals surface area contributed by atoms with Gasteiger partial charge in [0, 0.05) is 16.6 Å². The molecule has 0 saturated heterocycles. The van der Waals surface area contributed by atoms with Crippen molar-refractivity contribution in [1.82, 2.24) is 0 Å². The predicted octanol–water partition coefficient (Wildman–Crippen LogP) is 4.80. The summed E-state index contributed by atoms with van der Waals surface area (Å²) in [4.78, 5) is 12.2. The third-order valence-electron chi connectivity index (χ3n) is 3.30. The van der Waals surface area contributed by atoms with E-state index in [2.05, 4.69) is 19.2 Å². The van der Waals surface area contributed by atoms with Crippen LogP contribution in [0.2, 0.25) is 5.02 Å². The summed E-state index contributed by atoms with van der Waals surface area (Å²) in [6, 6.07) is 5.59. The van der Waals surface area contributed by atoms with Crippen LogP contribution in [0, 0.1) is 12.8 Å². The Bertz CT molecular complexity index is 403. The van der Waals surface area contributed by atoms with Crippen LogP contribution >= 0.6 is 11.6 Å². The van der Waals surface area contributed by atoms with Gasteiger partial charge in [0.15, 0.2) is 0 Å². The van der Waals surface area contributed by atoms with Crippen LogP contribution in [0.25, 0.3) is 0 Å². The van der Waals surface area contributed by atoms with E-state index < -0.39 is 0 Å². The summed E-state index contributed by atoms with van der Waals surface area (Å²) in [5, 5.41) is 3.68. The second-order valence-corrected chi connectivity index (χ2v) is 5.06. The van der Waals surface area contributed by atoms with E-state index in [1.165, 1.54) is 0 Å². The van der Waals surface area contributed by atoms with Gasteiger partial charge < -0.3 is 5.32 Å². The fourth-order valence-corrected chi connectivity index (χ4v) is 2.12. The molecule has 1 rings (SSSR count). The minimum atomic E-state index is 0.100. The summed E-state index contributed by atoms with van der Waals surface area (Å²) >= 11 is 6.04. The van der Waals surface area contributed by atoms with Crippen LogP contribution in [-0.4, -0.2) is 5.91 Å². The van der Waals surface area contributed by atoms with Crippen LogP contribution < -0.4 is 5.32 Å². The highest BCUT2D eigenvalue weighted by atomic mass is 35.5. The Labute approximate surface area is 115 Å². The van der Waals surface area contributed by atoms with E-state index in [1.807, 2.05) is 25.1 Å². The summed E-state index contributed by atoms with van der Waals surface area (Å²) in [5.74, 6) is 0.208. The standard InChI is InChI=1S/C15H22ClNO/c1-4-6-8-12(5-2)15(18)17-14-10-7-9-13(16)11(14)3/h7,9-10,12H,4-6,8H2,1-3H3,(H,17,18)/t12-/m1/s1. The average Bonchev–Trinajstić information content (AvgIpc) is 2.36. The molecule has 1 atom stereocenters. The average molecular weight is 268 g/mol. The van der Waals surface area contributed by atoms with Crippen LogP contribution in [0.1, 0.15) is 45.1 Å².